The van der Waals surface area contributed by atoms with E-state index in [1.54, 1.807) is 30.0 Å². The van der Waals surface area contributed by atoms with Crippen molar-refractivity contribution in [3.63, 3.8) is 0 Å². The number of nitrogens with zero attached hydrogens (tertiary/aromatic N) is 1. The molecule has 0 saturated heterocycles. The maximum absolute atomic E-state index is 12.4. The van der Waals surface area contributed by atoms with Gasteiger partial charge in [-0.25, -0.2) is 0 Å². The summed E-state index contributed by atoms with van der Waals surface area (Å²) in [6, 6.07) is 13.2. The summed E-state index contributed by atoms with van der Waals surface area (Å²) in [5, 5.41) is 12.3. The third-order valence-corrected chi connectivity index (χ3v) is 5.36. The number of benzene rings is 2. The van der Waals surface area contributed by atoms with E-state index in [-0.39, 0.29) is 11.2 Å². The van der Waals surface area contributed by atoms with E-state index in [2.05, 4.69) is 11.4 Å². The normalized spacial score (nSPS) is 13.8. The van der Waals surface area contributed by atoms with Gasteiger partial charge < -0.3 is 14.8 Å². The number of nitrogens with one attached hydrogen (secondary N) is 1. The molecule has 0 aromatic heterocycles. The predicted molar refractivity (Wildman–Crippen MR) is 112 cm³/mol. The standard InChI is InChI=1S/C21H19ClN2O3S/c1-14(8-9-23)28-19-5-3-2-4-17(19)24-20(25)7-6-15-12-16(22)21-18(13-15)26-10-11-27-21/h2-7,12-14H,8,10-11H2,1H3,(H,24,25)/b7-6+. The number of amides is 1. The van der Waals surface area contributed by atoms with Gasteiger partial charge in [0.1, 0.15) is 13.2 Å². The molecular weight excluding hydrogens is 396 g/mol. The lowest BCUT2D eigenvalue weighted by Crippen LogP contribution is -2.15. The van der Waals surface area contributed by atoms with Crippen LogP contribution in [0, 0.1) is 11.3 Å². The highest BCUT2D eigenvalue weighted by Gasteiger charge is 2.16. The van der Waals surface area contributed by atoms with E-state index in [1.165, 1.54) is 6.08 Å². The molecule has 1 amide bonds. The summed E-state index contributed by atoms with van der Waals surface area (Å²) in [6.07, 6.45) is 3.56. The van der Waals surface area contributed by atoms with Gasteiger partial charge in [-0.15, -0.1) is 11.8 Å². The molecule has 1 unspecified atom stereocenters. The third kappa shape index (κ3) is 5.22. The zero-order valence-corrected chi connectivity index (χ0v) is 16.8. The van der Waals surface area contributed by atoms with Crippen LogP contribution in [0.15, 0.2) is 47.4 Å². The van der Waals surface area contributed by atoms with Crippen molar-refractivity contribution in [1.29, 1.82) is 5.26 Å². The smallest absolute Gasteiger partial charge is 0.248 e. The van der Waals surface area contributed by atoms with Gasteiger partial charge in [0.25, 0.3) is 0 Å². The Morgan fingerprint density at radius 2 is 2.14 bits per heavy atom. The van der Waals surface area contributed by atoms with Crippen molar-refractivity contribution in [2.24, 2.45) is 0 Å². The minimum Gasteiger partial charge on any atom is -0.486 e. The lowest BCUT2D eigenvalue weighted by molar-refractivity contribution is -0.111. The van der Waals surface area contributed by atoms with Crippen molar-refractivity contribution < 1.29 is 14.3 Å². The van der Waals surface area contributed by atoms with E-state index in [9.17, 15) is 4.79 Å². The Kier molecular flexibility index (Phi) is 6.85. The number of fused-ring (bicyclic) bond motifs is 1. The van der Waals surface area contributed by atoms with Crippen molar-refractivity contribution in [1.82, 2.24) is 0 Å². The summed E-state index contributed by atoms with van der Waals surface area (Å²) in [7, 11) is 0. The lowest BCUT2D eigenvalue weighted by atomic mass is 10.1. The molecule has 1 N–H and O–H groups in total. The van der Waals surface area contributed by atoms with E-state index in [1.807, 2.05) is 31.2 Å². The number of carbonyl (C=O) groups excluding carboxylic acids is 1. The Balaban J connectivity index is 1.69. The Hall–Kier alpha value is -2.62. The van der Waals surface area contributed by atoms with Crippen LogP contribution in [0.5, 0.6) is 11.5 Å². The molecule has 3 rings (SSSR count). The van der Waals surface area contributed by atoms with E-state index < -0.39 is 0 Å². The molecule has 144 valence electrons. The van der Waals surface area contributed by atoms with E-state index in [0.717, 1.165) is 10.5 Å². The van der Waals surface area contributed by atoms with Crippen LogP contribution in [0.1, 0.15) is 18.9 Å². The Bertz CT molecular complexity index is 940. The van der Waals surface area contributed by atoms with Crippen LogP contribution in [0.3, 0.4) is 0 Å². The average molecular weight is 415 g/mol. The maximum Gasteiger partial charge on any atom is 0.248 e. The summed E-state index contributed by atoms with van der Waals surface area (Å²) in [6.45, 7) is 2.92. The molecular formula is C21H19ClN2O3S. The first-order valence-corrected chi connectivity index (χ1v) is 10.0. The number of carbonyl (C=O) groups is 1. The number of rotatable bonds is 6. The zero-order valence-electron chi connectivity index (χ0n) is 15.3. The molecule has 1 aliphatic heterocycles. The molecule has 1 atom stereocenters. The summed E-state index contributed by atoms with van der Waals surface area (Å²) < 4.78 is 11.0. The van der Waals surface area contributed by atoms with Crippen molar-refractivity contribution >= 4 is 41.0 Å². The molecule has 0 radical (unpaired) electrons. The summed E-state index contributed by atoms with van der Waals surface area (Å²) in [5.41, 5.74) is 1.46. The molecule has 0 spiro atoms. The Morgan fingerprint density at radius 3 is 2.96 bits per heavy atom. The van der Waals surface area contributed by atoms with Gasteiger partial charge in [0.05, 0.1) is 16.8 Å². The maximum atomic E-state index is 12.4. The molecule has 0 bridgehead atoms. The summed E-state index contributed by atoms with van der Waals surface area (Å²) >= 11 is 7.78. The first-order chi connectivity index (χ1) is 13.6. The first-order valence-electron chi connectivity index (χ1n) is 8.77. The van der Waals surface area contributed by atoms with Gasteiger partial charge in [-0.05, 0) is 35.9 Å². The molecule has 0 saturated carbocycles. The second-order valence-corrected chi connectivity index (χ2v) is 8.02. The zero-order chi connectivity index (χ0) is 19.9. The van der Waals surface area contributed by atoms with Crippen LogP contribution in [0.25, 0.3) is 6.08 Å². The Morgan fingerprint density at radius 1 is 1.36 bits per heavy atom. The highest BCUT2D eigenvalue weighted by atomic mass is 35.5. The van der Waals surface area contributed by atoms with Crippen molar-refractivity contribution in [3.8, 4) is 17.6 Å². The molecule has 0 fully saturated rings. The van der Waals surface area contributed by atoms with Gasteiger partial charge in [-0.1, -0.05) is 30.7 Å². The molecule has 28 heavy (non-hydrogen) atoms. The topological polar surface area (TPSA) is 71.4 Å². The number of para-hydroxylation sites is 1. The number of nitriles is 1. The lowest BCUT2D eigenvalue weighted by Gasteiger charge is -2.19. The summed E-state index contributed by atoms with van der Waals surface area (Å²) in [5.74, 6) is 0.853. The molecule has 1 heterocycles. The minimum absolute atomic E-state index is 0.137. The van der Waals surface area contributed by atoms with Gasteiger partial charge in [-0.2, -0.15) is 5.26 Å². The fraction of sp³-hybridized carbons (Fsp3) is 0.238. The van der Waals surface area contributed by atoms with Crippen LogP contribution in [0.2, 0.25) is 5.02 Å². The van der Waals surface area contributed by atoms with Crippen LogP contribution in [0.4, 0.5) is 5.69 Å². The summed E-state index contributed by atoms with van der Waals surface area (Å²) in [4.78, 5) is 13.3. The first kappa shape index (κ1) is 20.1. The van der Waals surface area contributed by atoms with E-state index in [0.29, 0.717) is 41.8 Å². The van der Waals surface area contributed by atoms with Gasteiger partial charge in [-0.3, -0.25) is 4.79 Å². The van der Waals surface area contributed by atoms with Gasteiger partial charge >= 0.3 is 0 Å². The molecule has 1 aliphatic rings. The van der Waals surface area contributed by atoms with Crippen molar-refractivity contribution in [2.45, 2.75) is 23.5 Å². The van der Waals surface area contributed by atoms with Gasteiger partial charge in [0, 0.05) is 22.6 Å². The van der Waals surface area contributed by atoms with E-state index >= 15 is 0 Å². The third-order valence-electron chi connectivity index (χ3n) is 3.90. The molecule has 2 aromatic carbocycles. The van der Waals surface area contributed by atoms with Gasteiger partial charge in [0.15, 0.2) is 11.5 Å². The number of halogens is 1. The highest BCUT2D eigenvalue weighted by Crippen LogP contribution is 2.38. The van der Waals surface area contributed by atoms with Crippen LogP contribution in [-0.2, 0) is 4.79 Å². The predicted octanol–water partition coefficient (Wildman–Crippen LogP) is 5.16. The quantitative estimate of drug-likeness (QED) is 0.522. The van der Waals surface area contributed by atoms with Gasteiger partial charge in [0.2, 0.25) is 5.91 Å². The van der Waals surface area contributed by atoms with Crippen molar-refractivity contribution in [2.75, 3.05) is 18.5 Å². The van der Waals surface area contributed by atoms with Crippen LogP contribution >= 0.6 is 23.4 Å². The largest absolute Gasteiger partial charge is 0.486 e. The van der Waals surface area contributed by atoms with Crippen molar-refractivity contribution in [3.05, 3.63) is 53.1 Å². The number of ether oxygens (including phenoxy) is 2. The molecule has 5 nitrogen and oxygen atoms in total. The Labute approximate surface area is 173 Å². The highest BCUT2D eigenvalue weighted by molar-refractivity contribution is 8.00. The fourth-order valence-electron chi connectivity index (χ4n) is 2.63. The van der Waals surface area contributed by atoms with Crippen LogP contribution < -0.4 is 14.8 Å². The fourth-order valence-corrected chi connectivity index (χ4v) is 3.90. The molecule has 2 aromatic rings. The average Bonchev–Trinajstić information content (AvgIpc) is 2.68. The number of anilines is 1. The monoisotopic (exact) mass is 414 g/mol. The SMILES string of the molecule is CC(CC#N)Sc1ccccc1NC(=O)/C=C/c1cc(Cl)c2c(c1)OCCO2. The van der Waals surface area contributed by atoms with E-state index in [4.69, 9.17) is 26.3 Å². The molecule has 0 aliphatic carbocycles. The number of hydrogen-bond acceptors (Lipinski definition) is 5. The molecule has 7 heteroatoms. The number of thioether (sulfide) groups is 1. The second-order valence-electron chi connectivity index (χ2n) is 6.14. The van der Waals surface area contributed by atoms with Crippen LogP contribution in [-0.4, -0.2) is 24.4 Å². The number of hydrogen-bond donors (Lipinski definition) is 1. The second kappa shape index (κ2) is 9.54. The minimum atomic E-state index is -0.257.